The third kappa shape index (κ3) is 6.68. The van der Waals surface area contributed by atoms with Crippen molar-refractivity contribution in [2.45, 2.75) is 64.4 Å². The lowest BCUT2D eigenvalue weighted by Crippen LogP contribution is -2.38. The highest BCUT2D eigenvalue weighted by atomic mass is 31.2. The molecule has 12 nitrogen and oxygen atoms in total. The number of esters is 1. The van der Waals surface area contributed by atoms with Gasteiger partial charge in [-0.2, -0.15) is 10.1 Å². The van der Waals surface area contributed by atoms with Crippen molar-refractivity contribution in [1.82, 2.24) is 14.6 Å². The van der Waals surface area contributed by atoms with Gasteiger partial charge in [0.15, 0.2) is 12.4 Å². The molecular formula is C31H38FN4O8P. The van der Waals surface area contributed by atoms with Gasteiger partial charge in [0.05, 0.1) is 36.9 Å². The van der Waals surface area contributed by atoms with Crippen LogP contribution in [0.3, 0.4) is 0 Å². The second kappa shape index (κ2) is 13.0. The van der Waals surface area contributed by atoms with E-state index in [0.717, 1.165) is 10.1 Å². The Hall–Kier alpha value is -3.61. The average Bonchev–Trinajstić information content (AvgIpc) is 3.42. The van der Waals surface area contributed by atoms with Crippen molar-refractivity contribution in [3.8, 4) is 5.75 Å². The number of anilines is 1. The number of nitrogen functional groups attached to an aromatic ring is 1. The Morgan fingerprint density at radius 3 is 2.44 bits per heavy atom. The van der Waals surface area contributed by atoms with Crippen LogP contribution in [-0.4, -0.2) is 52.7 Å². The van der Waals surface area contributed by atoms with Crippen LogP contribution in [0.25, 0.3) is 0 Å². The summed E-state index contributed by atoms with van der Waals surface area (Å²) in [6.07, 6.45) is -2.10. The first kappa shape index (κ1) is 32.8. The minimum atomic E-state index is -4.24. The fraction of sp³-hybridized carbons (Fsp3) is 0.452. The molecule has 2 fully saturated rings. The summed E-state index contributed by atoms with van der Waals surface area (Å²) in [5, 5.41) is 2.65. The van der Waals surface area contributed by atoms with Gasteiger partial charge >= 0.3 is 19.4 Å². The lowest BCUT2D eigenvalue weighted by Gasteiger charge is -2.27. The van der Waals surface area contributed by atoms with Gasteiger partial charge in [-0.3, -0.25) is 13.9 Å². The van der Waals surface area contributed by atoms with Gasteiger partial charge in [0.1, 0.15) is 17.6 Å². The maximum absolute atomic E-state index is 16.6. The fourth-order valence-corrected chi connectivity index (χ4v) is 7.38. The van der Waals surface area contributed by atoms with Crippen LogP contribution in [0.4, 0.5) is 10.2 Å². The largest absolute Gasteiger partial charge is 0.462 e. The van der Waals surface area contributed by atoms with Crippen LogP contribution >= 0.6 is 7.75 Å². The Morgan fingerprint density at radius 2 is 1.80 bits per heavy atom. The number of nitrogens with two attached hydrogens (primary N) is 1. The monoisotopic (exact) mass is 644 g/mol. The normalized spacial score (nSPS) is 27.4. The third-order valence-electron chi connectivity index (χ3n) is 8.25. The number of carbonyl (C=O) groups is 1. The molecular weight excluding hydrogens is 606 g/mol. The van der Waals surface area contributed by atoms with E-state index in [1.54, 1.807) is 51.1 Å². The molecule has 3 aromatic rings. The lowest BCUT2D eigenvalue weighted by molar-refractivity contribution is -0.149. The number of nitrogens with one attached hydrogen (secondary N) is 1. The zero-order chi connectivity index (χ0) is 32.4. The van der Waals surface area contributed by atoms with E-state index in [2.05, 4.69) is 10.1 Å². The standard InChI is InChI=1S/C31H38FN4O8P/c1-20(2)42-28(37)21(3)35-45(39,44-23-13-9-6-10-14-23)41-18-24-30(4)31(24,19-40-17-22-11-7-5-8-12-22)26(32)27(43-30)36-16-15-25(33)34-29(36)38/h5-16,20-21,24,26-27H,17-19H2,1-4H3,(H,35,39)(H2,33,34,38)/t21-,24-,26?,27+,30?,31?,45?/m0/s1. The number of benzene rings is 2. The summed E-state index contributed by atoms with van der Waals surface area (Å²) < 4.78 is 60.9. The maximum atomic E-state index is 16.6. The molecule has 1 aromatic heterocycles. The number of hydrogen-bond donors (Lipinski definition) is 2. The first-order valence-electron chi connectivity index (χ1n) is 14.6. The average molecular weight is 645 g/mol. The van der Waals surface area contributed by atoms with Crippen LogP contribution in [0.5, 0.6) is 5.75 Å². The number of para-hydroxylation sites is 1. The quantitative estimate of drug-likeness (QED) is 0.189. The topological polar surface area (TPSA) is 153 Å². The highest BCUT2D eigenvalue weighted by Gasteiger charge is 2.85. The number of carbonyl (C=O) groups excluding carboxylic acids is 1. The Morgan fingerprint density at radius 1 is 1.13 bits per heavy atom. The molecule has 2 aliphatic rings. The van der Waals surface area contributed by atoms with Crippen LogP contribution in [0.2, 0.25) is 0 Å². The van der Waals surface area contributed by atoms with Gasteiger partial charge < -0.3 is 24.5 Å². The van der Waals surface area contributed by atoms with E-state index in [1.165, 1.54) is 19.2 Å². The molecule has 3 N–H and O–H groups in total. The van der Waals surface area contributed by atoms with Crippen molar-refractivity contribution in [2.24, 2.45) is 11.3 Å². The molecule has 1 saturated carbocycles. The summed E-state index contributed by atoms with van der Waals surface area (Å²) in [5.41, 5.74) is 3.30. The van der Waals surface area contributed by atoms with E-state index in [1.807, 2.05) is 30.3 Å². The van der Waals surface area contributed by atoms with Gasteiger partial charge in [0.25, 0.3) is 0 Å². The van der Waals surface area contributed by atoms with Crippen LogP contribution < -0.4 is 21.0 Å². The molecule has 5 rings (SSSR count). The molecule has 0 bridgehead atoms. The summed E-state index contributed by atoms with van der Waals surface area (Å²) in [7, 11) is -4.24. The Balaban J connectivity index is 1.39. The summed E-state index contributed by atoms with van der Waals surface area (Å²) in [6, 6.07) is 18.1. The van der Waals surface area contributed by atoms with E-state index in [0.29, 0.717) is 0 Å². The molecule has 2 heterocycles. The Labute approximate surface area is 260 Å². The zero-order valence-corrected chi connectivity index (χ0v) is 26.4. The number of halogens is 1. The summed E-state index contributed by atoms with van der Waals surface area (Å²) in [4.78, 5) is 28.9. The number of ether oxygens (including phenoxy) is 3. The number of nitrogens with zero attached hydrogens (tertiary/aromatic N) is 2. The number of fused-ring (bicyclic) bond motifs is 1. The first-order valence-corrected chi connectivity index (χ1v) is 16.2. The van der Waals surface area contributed by atoms with Crippen molar-refractivity contribution in [1.29, 1.82) is 0 Å². The molecule has 0 amide bonds. The Kier molecular flexibility index (Phi) is 9.48. The highest BCUT2D eigenvalue weighted by molar-refractivity contribution is 7.52. The molecule has 2 aromatic carbocycles. The summed E-state index contributed by atoms with van der Waals surface area (Å²) >= 11 is 0. The van der Waals surface area contributed by atoms with Gasteiger partial charge in [-0.1, -0.05) is 48.5 Å². The second-order valence-electron chi connectivity index (χ2n) is 11.7. The number of alkyl halides is 1. The van der Waals surface area contributed by atoms with E-state index in [-0.39, 0.29) is 31.4 Å². The van der Waals surface area contributed by atoms with Crippen molar-refractivity contribution in [3.63, 3.8) is 0 Å². The number of aromatic nitrogens is 2. The third-order valence-corrected chi connectivity index (χ3v) is 9.89. The molecule has 1 saturated heterocycles. The van der Waals surface area contributed by atoms with Crippen LogP contribution in [0.15, 0.2) is 77.7 Å². The second-order valence-corrected chi connectivity index (χ2v) is 13.4. The van der Waals surface area contributed by atoms with Crippen molar-refractivity contribution in [3.05, 3.63) is 89.0 Å². The molecule has 0 spiro atoms. The molecule has 0 radical (unpaired) electrons. The molecule has 4 unspecified atom stereocenters. The number of hydrogen-bond acceptors (Lipinski definition) is 10. The van der Waals surface area contributed by atoms with E-state index >= 15 is 4.39 Å². The predicted molar refractivity (Wildman–Crippen MR) is 163 cm³/mol. The van der Waals surface area contributed by atoms with Gasteiger partial charge in [0.2, 0.25) is 0 Å². The molecule has 7 atom stereocenters. The van der Waals surface area contributed by atoms with E-state index in [4.69, 9.17) is 29.0 Å². The lowest BCUT2D eigenvalue weighted by atomic mass is 9.96. The van der Waals surface area contributed by atoms with Gasteiger partial charge in [-0.05, 0) is 51.5 Å². The number of rotatable bonds is 14. The molecule has 1 aliphatic heterocycles. The van der Waals surface area contributed by atoms with E-state index < -0.39 is 60.9 Å². The minimum absolute atomic E-state index is 0.00128. The summed E-state index contributed by atoms with van der Waals surface area (Å²) in [6.45, 7) is 6.41. The summed E-state index contributed by atoms with van der Waals surface area (Å²) in [5.74, 6) is -1.09. The van der Waals surface area contributed by atoms with Crippen molar-refractivity contribution >= 4 is 19.5 Å². The van der Waals surface area contributed by atoms with Crippen LogP contribution in [-0.2, 0) is 34.7 Å². The van der Waals surface area contributed by atoms with E-state index in [9.17, 15) is 14.2 Å². The molecule has 1 aliphatic carbocycles. The Bertz CT molecular complexity index is 1600. The van der Waals surface area contributed by atoms with Gasteiger partial charge in [-0.25, -0.2) is 13.8 Å². The zero-order valence-electron chi connectivity index (χ0n) is 25.5. The van der Waals surface area contributed by atoms with Crippen molar-refractivity contribution in [2.75, 3.05) is 18.9 Å². The molecule has 45 heavy (non-hydrogen) atoms. The van der Waals surface area contributed by atoms with Crippen LogP contribution in [0, 0.1) is 11.3 Å². The SMILES string of the molecule is CC(C)OC(=O)[C@H](C)NP(=O)(OC[C@H]1C2(C)O[C@@H](n3ccc(N)nc3=O)C(F)C12COCc1ccccc1)Oc1ccccc1. The highest BCUT2D eigenvalue weighted by Crippen LogP contribution is 2.74. The minimum Gasteiger partial charge on any atom is -0.462 e. The first-order chi connectivity index (χ1) is 21.4. The fourth-order valence-electron chi connectivity index (χ4n) is 5.88. The van der Waals surface area contributed by atoms with Crippen molar-refractivity contribution < 1.29 is 37.0 Å². The van der Waals surface area contributed by atoms with Crippen LogP contribution in [0.1, 0.15) is 39.5 Å². The van der Waals surface area contributed by atoms with Gasteiger partial charge in [0, 0.05) is 12.1 Å². The predicted octanol–water partition coefficient (Wildman–Crippen LogP) is 4.42. The molecule has 14 heteroatoms. The maximum Gasteiger partial charge on any atom is 0.459 e. The van der Waals surface area contributed by atoms with Gasteiger partial charge in [-0.15, -0.1) is 0 Å². The molecule has 242 valence electrons. The smallest absolute Gasteiger partial charge is 0.459 e.